The van der Waals surface area contributed by atoms with Crippen LogP contribution in [0.1, 0.15) is 40.2 Å². The van der Waals surface area contributed by atoms with E-state index < -0.39 is 0 Å². The smallest absolute Gasteiger partial charge is 0.272 e. The number of fused-ring (bicyclic) bond motifs is 1. The van der Waals surface area contributed by atoms with Crippen LogP contribution in [0.15, 0.2) is 24.5 Å². The summed E-state index contributed by atoms with van der Waals surface area (Å²) in [5, 5.41) is 10.0. The lowest BCUT2D eigenvalue weighted by atomic mass is 9.96. The summed E-state index contributed by atoms with van der Waals surface area (Å²) in [4.78, 5) is 16.1. The molecule has 1 amide bonds. The molecule has 0 radical (unpaired) electrons. The number of carbonyl (C=O) groups is 1. The van der Waals surface area contributed by atoms with Gasteiger partial charge in [0.25, 0.3) is 5.91 Å². The number of pyridine rings is 1. The maximum absolute atomic E-state index is 12.1. The number of carbonyl (C=O) groups excluding carboxylic acids is 1. The van der Waals surface area contributed by atoms with Crippen molar-refractivity contribution < 1.29 is 4.79 Å². The Kier molecular flexibility index (Phi) is 3.27. The SMILES string of the molecule is O=C(NCc1ccncc1)c1n[nH]c2c1CCCC2. The van der Waals surface area contributed by atoms with Gasteiger partial charge < -0.3 is 5.32 Å². The minimum Gasteiger partial charge on any atom is -0.347 e. The van der Waals surface area contributed by atoms with Gasteiger partial charge in [-0.05, 0) is 43.4 Å². The summed E-state index contributed by atoms with van der Waals surface area (Å²) < 4.78 is 0. The third-order valence-electron chi connectivity index (χ3n) is 3.47. The topological polar surface area (TPSA) is 70.7 Å². The summed E-state index contributed by atoms with van der Waals surface area (Å²) in [6.45, 7) is 0.503. The fraction of sp³-hybridized carbons (Fsp3) is 0.357. The molecule has 0 spiro atoms. The van der Waals surface area contributed by atoms with Crippen LogP contribution >= 0.6 is 0 Å². The molecular formula is C14H16N4O. The Balaban J connectivity index is 1.69. The second-order valence-electron chi connectivity index (χ2n) is 4.77. The predicted molar refractivity (Wildman–Crippen MR) is 70.6 cm³/mol. The molecule has 19 heavy (non-hydrogen) atoms. The highest BCUT2D eigenvalue weighted by Crippen LogP contribution is 2.21. The molecule has 0 saturated carbocycles. The van der Waals surface area contributed by atoms with E-state index >= 15 is 0 Å². The van der Waals surface area contributed by atoms with E-state index in [2.05, 4.69) is 20.5 Å². The van der Waals surface area contributed by atoms with Crippen molar-refractivity contribution in [3.05, 3.63) is 47.0 Å². The molecule has 1 aliphatic carbocycles. The number of aryl methyl sites for hydroxylation is 1. The molecule has 0 unspecified atom stereocenters. The molecule has 2 aromatic heterocycles. The number of aromatic amines is 1. The lowest BCUT2D eigenvalue weighted by Crippen LogP contribution is -2.24. The molecule has 0 atom stereocenters. The van der Waals surface area contributed by atoms with Crippen molar-refractivity contribution in [2.24, 2.45) is 0 Å². The highest BCUT2D eigenvalue weighted by Gasteiger charge is 2.21. The van der Waals surface area contributed by atoms with Gasteiger partial charge in [0.2, 0.25) is 0 Å². The highest BCUT2D eigenvalue weighted by molar-refractivity contribution is 5.94. The second-order valence-corrected chi connectivity index (χ2v) is 4.77. The summed E-state index contributed by atoms with van der Waals surface area (Å²) in [5.74, 6) is -0.101. The van der Waals surface area contributed by atoms with Crippen molar-refractivity contribution in [3.8, 4) is 0 Å². The standard InChI is InChI=1S/C14H16N4O/c19-14(16-9-10-5-7-15-8-6-10)13-11-3-1-2-4-12(11)17-18-13/h5-8H,1-4,9H2,(H,16,19)(H,17,18). The van der Waals surface area contributed by atoms with Gasteiger partial charge in [-0.3, -0.25) is 14.9 Å². The minimum absolute atomic E-state index is 0.101. The summed E-state index contributed by atoms with van der Waals surface area (Å²) >= 11 is 0. The number of rotatable bonds is 3. The van der Waals surface area contributed by atoms with Gasteiger partial charge in [0, 0.05) is 30.2 Å². The predicted octanol–water partition coefficient (Wildman–Crippen LogP) is 1.61. The molecule has 5 heteroatoms. The highest BCUT2D eigenvalue weighted by atomic mass is 16.1. The lowest BCUT2D eigenvalue weighted by Gasteiger charge is -2.11. The van der Waals surface area contributed by atoms with Crippen LogP contribution in [-0.4, -0.2) is 21.1 Å². The molecule has 0 aliphatic heterocycles. The van der Waals surface area contributed by atoms with E-state index in [4.69, 9.17) is 0 Å². The Morgan fingerprint density at radius 2 is 2.05 bits per heavy atom. The largest absolute Gasteiger partial charge is 0.347 e. The van der Waals surface area contributed by atoms with Crippen molar-refractivity contribution in [1.82, 2.24) is 20.5 Å². The van der Waals surface area contributed by atoms with Gasteiger partial charge in [0.15, 0.2) is 5.69 Å². The van der Waals surface area contributed by atoms with Gasteiger partial charge in [0.1, 0.15) is 0 Å². The normalized spacial score (nSPS) is 13.9. The fourth-order valence-corrected chi connectivity index (χ4v) is 2.44. The third kappa shape index (κ3) is 2.50. The van der Waals surface area contributed by atoms with Crippen molar-refractivity contribution in [2.75, 3.05) is 0 Å². The maximum Gasteiger partial charge on any atom is 0.272 e. The molecular weight excluding hydrogens is 240 g/mol. The van der Waals surface area contributed by atoms with E-state index in [1.807, 2.05) is 12.1 Å². The molecule has 1 aliphatic rings. The second kappa shape index (κ2) is 5.22. The zero-order valence-electron chi connectivity index (χ0n) is 10.6. The van der Waals surface area contributed by atoms with Crippen LogP contribution in [0.4, 0.5) is 0 Å². The molecule has 98 valence electrons. The number of nitrogens with zero attached hydrogens (tertiary/aromatic N) is 2. The maximum atomic E-state index is 12.1. The van der Waals surface area contributed by atoms with E-state index in [-0.39, 0.29) is 5.91 Å². The van der Waals surface area contributed by atoms with Gasteiger partial charge in [-0.2, -0.15) is 5.10 Å². The van der Waals surface area contributed by atoms with Crippen molar-refractivity contribution in [3.63, 3.8) is 0 Å². The average Bonchev–Trinajstić information content (AvgIpc) is 2.90. The number of hydrogen-bond acceptors (Lipinski definition) is 3. The van der Waals surface area contributed by atoms with Crippen LogP contribution in [-0.2, 0) is 19.4 Å². The Morgan fingerprint density at radius 3 is 2.89 bits per heavy atom. The lowest BCUT2D eigenvalue weighted by molar-refractivity contribution is 0.0945. The Bertz CT molecular complexity index is 576. The van der Waals surface area contributed by atoms with Crippen molar-refractivity contribution in [2.45, 2.75) is 32.2 Å². The van der Waals surface area contributed by atoms with Crippen LogP contribution in [0.2, 0.25) is 0 Å². The molecule has 0 bridgehead atoms. The van der Waals surface area contributed by atoms with Crippen LogP contribution in [0.25, 0.3) is 0 Å². The van der Waals surface area contributed by atoms with E-state index in [1.54, 1.807) is 12.4 Å². The molecule has 5 nitrogen and oxygen atoms in total. The number of H-pyrrole nitrogens is 1. The van der Waals surface area contributed by atoms with E-state index in [0.717, 1.165) is 36.1 Å². The minimum atomic E-state index is -0.101. The Labute approximate surface area is 111 Å². The van der Waals surface area contributed by atoms with Crippen LogP contribution in [0.5, 0.6) is 0 Å². The third-order valence-corrected chi connectivity index (χ3v) is 3.47. The molecule has 0 saturated heterocycles. The molecule has 0 aromatic carbocycles. The first-order chi connectivity index (χ1) is 9.34. The van der Waals surface area contributed by atoms with Gasteiger partial charge in [-0.1, -0.05) is 0 Å². The first-order valence-corrected chi connectivity index (χ1v) is 6.58. The van der Waals surface area contributed by atoms with Crippen LogP contribution < -0.4 is 5.32 Å². The van der Waals surface area contributed by atoms with Gasteiger partial charge >= 0.3 is 0 Å². The number of amides is 1. The fourth-order valence-electron chi connectivity index (χ4n) is 2.44. The monoisotopic (exact) mass is 256 g/mol. The number of nitrogens with one attached hydrogen (secondary N) is 2. The van der Waals surface area contributed by atoms with Crippen LogP contribution in [0, 0.1) is 0 Å². The first-order valence-electron chi connectivity index (χ1n) is 6.58. The van der Waals surface area contributed by atoms with Crippen LogP contribution in [0.3, 0.4) is 0 Å². The number of aromatic nitrogens is 3. The summed E-state index contributed by atoms with van der Waals surface area (Å²) in [6.07, 6.45) is 7.70. The molecule has 2 N–H and O–H groups in total. The first kappa shape index (κ1) is 11.9. The zero-order valence-corrected chi connectivity index (χ0v) is 10.6. The zero-order chi connectivity index (χ0) is 13.1. The summed E-state index contributed by atoms with van der Waals surface area (Å²) in [7, 11) is 0. The van der Waals surface area contributed by atoms with Crippen molar-refractivity contribution in [1.29, 1.82) is 0 Å². The van der Waals surface area contributed by atoms with Gasteiger partial charge in [0.05, 0.1) is 0 Å². The summed E-state index contributed by atoms with van der Waals surface area (Å²) in [6, 6.07) is 3.78. The van der Waals surface area contributed by atoms with E-state index in [9.17, 15) is 4.79 Å². The average molecular weight is 256 g/mol. The Morgan fingerprint density at radius 1 is 1.26 bits per heavy atom. The quantitative estimate of drug-likeness (QED) is 0.876. The number of hydrogen-bond donors (Lipinski definition) is 2. The Hall–Kier alpha value is -2.17. The summed E-state index contributed by atoms with van der Waals surface area (Å²) in [5.41, 5.74) is 3.82. The van der Waals surface area contributed by atoms with E-state index in [1.165, 1.54) is 6.42 Å². The van der Waals surface area contributed by atoms with Gasteiger partial charge in [-0.25, -0.2) is 0 Å². The van der Waals surface area contributed by atoms with E-state index in [0.29, 0.717) is 12.2 Å². The van der Waals surface area contributed by atoms with Gasteiger partial charge in [-0.15, -0.1) is 0 Å². The van der Waals surface area contributed by atoms with Crippen molar-refractivity contribution >= 4 is 5.91 Å². The molecule has 3 rings (SSSR count). The molecule has 2 aromatic rings. The molecule has 2 heterocycles. The molecule has 0 fully saturated rings.